The van der Waals surface area contributed by atoms with Crippen LogP contribution in [-0.2, 0) is 0 Å². The van der Waals surface area contributed by atoms with Gasteiger partial charge in [-0.15, -0.1) is 0 Å². The first-order valence-corrected chi connectivity index (χ1v) is 6.15. The molecule has 1 heterocycles. The lowest BCUT2D eigenvalue weighted by Crippen LogP contribution is -2.11. The minimum Gasteiger partial charge on any atom is -0.361 e. The molecule has 4 heteroatoms. The highest BCUT2D eigenvalue weighted by molar-refractivity contribution is 6.06. The van der Waals surface area contributed by atoms with Gasteiger partial charge in [0.05, 0.1) is 11.6 Å². The first-order valence-electron chi connectivity index (χ1n) is 6.15. The van der Waals surface area contributed by atoms with E-state index >= 15 is 0 Å². The second-order valence-electron chi connectivity index (χ2n) is 4.42. The fraction of sp³-hybridized carbons (Fsp3) is 0. The molecule has 0 aliphatic rings. The van der Waals surface area contributed by atoms with Crippen LogP contribution >= 0.6 is 0 Å². The molecular formula is C16H11N3O. The number of nitrogens with one attached hydrogen (secondary N) is 2. The summed E-state index contributed by atoms with van der Waals surface area (Å²) in [6.07, 6.45) is 1.84. The van der Waals surface area contributed by atoms with Gasteiger partial charge in [-0.1, -0.05) is 0 Å². The summed E-state index contributed by atoms with van der Waals surface area (Å²) >= 11 is 0. The predicted molar refractivity (Wildman–Crippen MR) is 77.4 cm³/mol. The largest absolute Gasteiger partial charge is 0.361 e. The third kappa shape index (κ3) is 2.25. The SMILES string of the molecule is N#Cc1ccc(NC(=O)c2ccc3[nH]ccc3c2)cc1. The number of hydrogen-bond acceptors (Lipinski definition) is 2. The van der Waals surface area contributed by atoms with Gasteiger partial charge in [0.25, 0.3) is 5.91 Å². The summed E-state index contributed by atoms with van der Waals surface area (Å²) in [6.45, 7) is 0. The van der Waals surface area contributed by atoms with Gasteiger partial charge in [-0.2, -0.15) is 5.26 Å². The van der Waals surface area contributed by atoms with Gasteiger partial charge in [-0.3, -0.25) is 4.79 Å². The Morgan fingerprint density at radius 1 is 1.10 bits per heavy atom. The molecule has 0 unspecified atom stereocenters. The molecule has 1 amide bonds. The molecule has 0 fully saturated rings. The maximum Gasteiger partial charge on any atom is 0.255 e. The molecular weight excluding hydrogens is 250 g/mol. The van der Waals surface area contributed by atoms with E-state index in [1.807, 2.05) is 30.5 Å². The zero-order valence-electron chi connectivity index (χ0n) is 10.6. The maximum absolute atomic E-state index is 12.1. The summed E-state index contributed by atoms with van der Waals surface area (Å²) in [5.74, 6) is -0.169. The van der Waals surface area contributed by atoms with E-state index in [-0.39, 0.29) is 5.91 Å². The minimum absolute atomic E-state index is 0.169. The molecule has 0 radical (unpaired) electrons. The number of carbonyl (C=O) groups is 1. The van der Waals surface area contributed by atoms with Crippen LogP contribution in [0.25, 0.3) is 10.9 Å². The highest BCUT2D eigenvalue weighted by Crippen LogP contribution is 2.16. The number of H-pyrrole nitrogens is 1. The summed E-state index contributed by atoms with van der Waals surface area (Å²) in [5, 5.41) is 12.5. The van der Waals surface area contributed by atoms with Crippen LogP contribution in [0.1, 0.15) is 15.9 Å². The number of rotatable bonds is 2. The number of aromatic amines is 1. The molecule has 96 valence electrons. The molecule has 0 saturated heterocycles. The lowest BCUT2D eigenvalue weighted by atomic mass is 10.1. The molecule has 0 atom stereocenters. The van der Waals surface area contributed by atoms with Gasteiger partial charge in [0, 0.05) is 28.4 Å². The lowest BCUT2D eigenvalue weighted by molar-refractivity contribution is 0.102. The fourth-order valence-corrected chi connectivity index (χ4v) is 2.03. The summed E-state index contributed by atoms with van der Waals surface area (Å²) in [6, 6.07) is 16.2. The van der Waals surface area contributed by atoms with Crippen molar-refractivity contribution in [2.75, 3.05) is 5.32 Å². The van der Waals surface area contributed by atoms with Crippen LogP contribution in [0.15, 0.2) is 54.7 Å². The smallest absolute Gasteiger partial charge is 0.255 e. The number of anilines is 1. The fourth-order valence-electron chi connectivity index (χ4n) is 2.03. The zero-order valence-corrected chi connectivity index (χ0v) is 10.6. The van der Waals surface area contributed by atoms with Crippen molar-refractivity contribution in [3.05, 3.63) is 65.9 Å². The van der Waals surface area contributed by atoms with Crippen molar-refractivity contribution in [3.63, 3.8) is 0 Å². The molecule has 0 bridgehead atoms. The lowest BCUT2D eigenvalue weighted by Gasteiger charge is -2.05. The summed E-state index contributed by atoms with van der Waals surface area (Å²) in [7, 11) is 0. The second-order valence-corrected chi connectivity index (χ2v) is 4.42. The highest BCUT2D eigenvalue weighted by Gasteiger charge is 2.07. The first-order chi connectivity index (χ1) is 9.76. The van der Waals surface area contributed by atoms with Gasteiger partial charge < -0.3 is 10.3 Å². The molecule has 20 heavy (non-hydrogen) atoms. The number of nitrogens with zero attached hydrogens (tertiary/aromatic N) is 1. The number of hydrogen-bond donors (Lipinski definition) is 2. The molecule has 4 nitrogen and oxygen atoms in total. The van der Waals surface area contributed by atoms with Gasteiger partial charge in [0.1, 0.15) is 0 Å². The summed E-state index contributed by atoms with van der Waals surface area (Å²) < 4.78 is 0. The normalized spacial score (nSPS) is 10.2. The van der Waals surface area contributed by atoms with E-state index in [0.29, 0.717) is 16.8 Å². The Balaban J connectivity index is 1.82. The number of nitriles is 1. The first kappa shape index (κ1) is 12.0. The van der Waals surface area contributed by atoms with Gasteiger partial charge in [-0.05, 0) is 48.5 Å². The minimum atomic E-state index is -0.169. The third-order valence-corrected chi connectivity index (χ3v) is 3.09. The number of amides is 1. The Kier molecular flexibility index (Phi) is 2.94. The highest BCUT2D eigenvalue weighted by atomic mass is 16.1. The Hall–Kier alpha value is -3.06. The van der Waals surface area contributed by atoms with E-state index < -0.39 is 0 Å². The average molecular weight is 261 g/mol. The van der Waals surface area contributed by atoms with Crippen LogP contribution in [-0.4, -0.2) is 10.9 Å². The van der Waals surface area contributed by atoms with Crippen LogP contribution in [0.3, 0.4) is 0 Å². The number of aromatic nitrogens is 1. The Morgan fingerprint density at radius 3 is 2.65 bits per heavy atom. The molecule has 0 spiro atoms. The standard InChI is InChI=1S/C16H11N3O/c17-10-11-1-4-14(5-2-11)19-16(20)13-3-6-15-12(9-13)7-8-18-15/h1-9,18H,(H,19,20). The van der Waals surface area contributed by atoms with Crippen LogP contribution in [0.2, 0.25) is 0 Å². The van der Waals surface area contributed by atoms with Gasteiger partial charge in [-0.25, -0.2) is 0 Å². The van der Waals surface area contributed by atoms with Gasteiger partial charge in [0.2, 0.25) is 0 Å². The zero-order chi connectivity index (χ0) is 13.9. The quantitative estimate of drug-likeness (QED) is 0.743. The molecule has 0 saturated carbocycles. The van der Waals surface area contributed by atoms with Gasteiger partial charge >= 0.3 is 0 Å². The topological polar surface area (TPSA) is 68.7 Å². The third-order valence-electron chi connectivity index (χ3n) is 3.09. The van der Waals surface area contributed by atoms with Crippen LogP contribution in [0, 0.1) is 11.3 Å². The second kappa shape index (κ2) is 4.90. The molecule has 2 N–H and O–H groups in total. The van der Waals surface area contributed by atoms with Crippen molar-refractivity contribution >= 4 is 22.5 Å². The van der Waals surface area contributed by atoms with Crippen LogP contribution in [0.5, 0.6) is 0 Å². The summed E-state index contributed by atoms with van der Waals surface area (Å²) in [4.78, 5) is 15.2. The van der Waals surface area contributed by atoms with E-state index in [1.165, 1.54) is 0 Å². The van der Waals surface area contributed by atoms with E-state index in [4.69, 9.17) is 5.26 Å². The predicted octanol–water partition coefficient (Wildman–Crippen LogP) is 3.29. The van der Waals surface area contributed by atoms with Crippen molar-refractivity contribution in [1.82, 2.24) is 4.98 Å². The Labute approximate surface area is 115 Å². The Bertz CT molecular complexity index is 810. The number of carbonyl (C=O) groups excluding carboxylic acids is 1. The maximum atomic E-state index is 12.1. The van der Waals surface area contributed by atoms with Crippen LogP contribution in [0.4, 0.5) is 5.69 Å². The van der Waals surface area contributed by atoms with Crippen molar-refractivity contribution in [2.45, 2.75) is 0 Å². The van der Waals surface area contributed by atoms with Crippen molar-refractivity contribution in [1.29, 1.82) is 5.26 Å². The molecule has 2 aromatic carbocycles. The average Bonchev–Trinajstić information content (AvgIpc) is 2.95. The summed E-state index contributed by atoms with van der Waals surface area (Å²) in [5.41, 5.74) is 2.83. The molecule has 1 aromatic heterocycles. The van der Waals surface area contributed by atoms with Crippen molar-refractivity contribution in [3.8, 4) is 6.07 Å². The van der Waals surface area contributed by atoms with Crippen LogP contribution < -0.4 is 5.32 Å². The molecule has 0 aliphatic heterocycles. The monoisotopic (exact) mass is 261 g/mol. The Morgan fingerprint density at radius 2 is 1.90 bits per heavy atom. The molecule has 3 aromatic rings. The molecule has 3 rings (SSSR count). The molecule has 0 aliphatic carbocycles. The van der Waals surface area contributed by atoms with E-state index in [0.717, 1.165) is 10.9 Å². The van der Waals surface area contributed by atoms with Crippen molar-refractivity contribution in [2.24, 2.45) is 0 Å². The van der Waals surface area contributed by atoms with E-state index in [2.05, 4.69) is 10.3 Å². The van der Waals surface area contributed by atoms with E-state index in [9.17, 15) is 4.79 Å². The van der Waals surface area contributed by atoms with Gasteiger partial charge in [0.15, 0.2) is 0 Å². The van der Waals surface area contributed by atoms with Crippen molar-refractivity contribution < 1.29 is 4.79 Å². The number of fused-ring (bicyclic) bond motifs is 1. The van der Waals surface area contributed by atoms with E-state index in [1.54, 1.807) is 30.3 Å². The number of benzene rings is 2.